The highest BCUT2D eigenvalue weighted by Gasteiger charge is 2.37. The summed E-state index contributed by atoms with van der Waals surface area (Å²) in [6.45, 7) is 8.82. The van der Waals surface area contributed by atoms with Gasteiger partial charge in [0.2, 0.25) is 11.8 Å². The number of phenolic OH excluding ortho intramolecular Hbond substituents is 1. The largest absolute Gasteiger partial charge is 0.507 e. The van der Waals surface area contributed by atoms with Crippen LogP contribution in [0.15, 0.2) is 41.3 Å². The number of hydrogen-bond donors (Lipinski definition) is 3. The van der Waals surface area contributed by atoms with Gasteiger partial charge in [-0.25, -0.2) is 9.97 Å². The number of oxazole rings is 1. The Hall–Kier alpha value is -3.00. The molecule has 0 aliphatic carbocycles. The van der Waals surface area contributed by atoms with Gasteiger partial charge in [-0.1, -0.05) is 0 Å². The molecule has 0 radical (unpaired) electrons. The number of aromatic hydroxyl groups is 1. The van der Waals surface area contributed by atoms with E-state index in [1.54, 1.807) is 24.5 Å². The van der Waals surface area contributed by atoms with Crippen LogP contribution in [-0.2, 0) is 0 Å². The fourth-order valence-corrected chi connectivity index (χ4v) is 4.32. The Morgan fingerprint density at radius 3 is 2.45 bits per heavy atom. The summed E-state index contributed by atoms with van der Waals surface area (Å²) in [5.41, 5.74) is 1.80. The van der Waals surface area contributed by atoms with E-state index in [1.807, 2.05) is 6.07 Å². The van der Waals surface area contributed by atoms with Crippen LogP contribution < -0.4 is 10.6 Å². The van der Waals surface area contributed by atoms with E-state index >= 15 is 0 Å². The van der Waals surface area contributed by atoms with Crippen molar-refractivity contribution >= 4 is 5.95 Å². The maximum Gasteiger partial charge on any atom is 0.242 e. The summed E-state index contributed by atoms with van der Waals surface area (Å²) in [7, 11) is 0. The molecule has 1 aromatic carbocycles. The highest BCUT2D eigenvalue weighted by Crippen LogP contribution is 2.32. The molecule has 152 valence electrons. The molecule has 3 heterocycles. The van der Waals surface area contributed by atoms with Gasteiger partial charge in [0.1, 0.15) is 17.7 Å². The zero-order valence-electron chi connectivity index (χ0n) is 17.1. The third-order valence-corrected chi connectivity index (χ3v) is 5.04. The molecule has 8 nitrogen and oxygen atoms in total. The van der Waals surface area contributed by atoms with E-state index in [2.05, 4.69) is 58.5 Å². The first-order chi connectivity index (χ1) is 13.7. The molecule has 3 N–H and O–H groups in total. The molecule has 0 saturated carbocycles. The molecule has 0 atom stereocenters. The summed E-state index contributed by atoms with van der Waals surface area (Å²) >= 11 is 0. The van der Waals surface area contributed by atoms with E-state index in [0.717, 1.165) is 12.8 Å². The predicted molar refractivity (Wildman–Crippen MR) is 110 cm³/mol. The molecule has 0 bridgehead atoms. The minimum absolute atomic E-state index is 0.0309. The summed E-state index contributed by atoms with van der Waals surface area (Å²) in [4.78, 5) is 8.50. The highest BCUT2D eigenvalue weighted by atomic mass is 16.3. The van der Waals surface area contributed by atoms with E-state index in [0.29, 0.717) is 28.7 Å². The monoisotopic (exact) mass is 394 g/mol. The van der Waals surface area contributed by atoms with Gasteiger partial charge in [0, 0.05) is 28.2 Å². The Bertz CT molecular complexity index is 967. The summed E-state index contributed by atoms with van der Waals surface area (Å²) in [5, 5.41) is 25.9. The molecule has 1 aliphatic rings. The Labute approximate surface area is 169 Å². The van der Waals surface area contributed by atoms with Crippen LogP contribution in [0.5, 0.6) is 5.75 Å². The lowest BCUT2D eigenvalue weighted by molar-refractivity contribution is 0.170. The second-order valence-corrected chi connectivity index (χ2v) is 8.88. The van der Waals surface area contributed by atoms with Gasteiger partial charge in [-0.3, -0.25) is 0 Å². The van der Waals surface area contributed by atoms with Crippen molar-refractivity contribution in [2.75, 3.05) is 5.32 Å². The molecule has 4 rings (SSSR count). The maximum atomic E-state index is 10.4. The fourth-order valence-electron chi connectivity index (χ4n) is 4.32. The molecular formula is C21H26N6O2. The van der Waals surface area contributed by atoms with Gasteiger partial charge in [0.05, 0.1) is 12.4 Å². The summed E-state index contributed by atoms with van der Waals surface area (Å²) in [6.07, 6.45) is 6.60. The van der Waals surface area contributed by atoms with E-state index in [1.165, 1.54) is 6.26 Å². The summed E-state index contributed by atoms with van der Waals surface area (Å²) < 4.78 is 5.26. The zero-order valence-corrected chi connectivity index (χ0v) is 17.1. The van der Waals surface area contributed by atoms with Gasteiger partial charge < -0.3 is 20.2 Å². The molecular weight excluding hydrogens is 368 g/mol. The Kier molecular flexibility index (Phi) is 4.74. The van der Waals surface area contributed by atoms with E-state index in [9.17, 15) is 5.11 Å². The predicted octanol–water partition coefficient (Wildman–Crippen LogP) is 3.62. The van der Waals surface area contributed by atoms with Crippen LogP contribution in [-0.4, -0.2) is 42.4 Å². The van der Waals surface area contributed by atoms with Crippen molar-refractivity contribution in [3.05, 3.63) is 36.9 Å². The second-order valence-electron chi connectivity index (χ2n) is 8.88. The minimum atomic E-state index is 0.0309. The van der Waals surface area contributed by atoms with Gasteiger partial charge in [-0.15, -0.1) is 10.2 Å². The first kappa shape index (κ1) is 19.3. The van der Waals surface area contributed by atoms with Crippen molar-refractivity contribution < 1.29 is 9.52 Å². The SMILES string of the molecule is CC1(C)CC(Nc2ncc(-c3ccc(-c4ncco4)cc3O)nn2)CC(C)(C)N1. The number of hydrogen-bond acceptors (Lipinski definition) is 8. The second kappa shape index (κ2) is 7.11. The molecule has 1 saturated heterocycles. The molecule has 1 aliphatic heterocycles. The summed E-state index contributed by atoms with van der Waals surface area (Å²) in [5.74, 6) is 1.01. The minimum Gasteiger partial charge on any atom is -0.507 e. The number of piperidine rings is 1. The smallest absolute Gasteiger partial charge is 0.242 e. The summed E-state index contributed by atoms with van der Waals surface area (Å²) in [6, 6.07) is 5.41. The number of nitrogens with one attached hydrogen (secondary N) is 2. The van der Waals surface area contributed by atoms with Crippen LogP contribution in [0.3, 0.4) is 0 Å². The van der Waals surface area contributed by atoms with Gasteiger partial charge in [-0.05, 0) is 58.7 Å². The fraction of sp³-hybridized carbons (Fsp3) is 0.429. The quantitative estimate of drug-likeness (QED) is 0.616. The van der Waals surface area contributed by atoms with Crippen LogP contribution >= 0.6 is 0 Å². The lowest BCUT2D eigenvalue weighted by Crippen LogP contribution is -2.60. The van der Waals surface area contributed by atoms with Crippen LogP contribution in [0.1, 0.15) is 40.5 Å². The number of nitrogens with zero attached hydrogens (tertiary/aromatic N) is 4. The zero-order chi connectivity index (χ0) is 20.6. The normalized spacial score (nSPS) is 18.5. The molecule has 3 aromatic rings. The number of phenols is 1. The molecule has 8 heteroatoms. The number of rotatable bonds is 4. The highest BCUT2D eigenvalue weighted by molar-refractivity contribution is 5.71. The lowest BCUT2D eigenvalue weighted by atomic mass is 9.80. The first-order valence-electron chi connectivity index (χ1n) is 9.70. The Morgan fingerprint density at radius 2 is 1.86 bits per heavy atom. The van der Waals surface area contributed by atoms with Gasteiger partial charge >= 0.3 is 0 Å². The van der Waals surface area contributed by atoms with Crippen LogP contribution in [0.2, 0.25) is 0 Å². The third-order valence-electron chi connectivity index (χ3n) is 5.04. The molecule has 0 unspecified atom stereocenters. The van der Waals surface area contributed by atoms with Crippen molar-refractivity contribution in [1.29, 1.82) is 0 Å². The molecule has 0 spiro atoms. The van der Waals surface area contributed by atoms with E-state index in [4.69, 9.17) is 4.42 Å². The molecule has 29 heavy (non-hydrogen) atoms. The van der Waals surface area contributed by atoms with Gasteiger partial charge in [0.15, 0.2) is 0 Å². The Balaban J connectivity index is 1.50. The molecule has 1 fully saturated rings. The van der Waals surface area contributed by atoms with Crippen molar-refractivity contribution in [3.8, 4) is 28.5 Å². The van der Waals surface area contributed by atoms with Crippen molar-refractivity contribution in [1.82, 2.24) is 25.5 Å². The van der Waals surface area contributed by atoms with Gasteiger partial charge in [0.25, 0.3) is 0 Å². The first-order valence-corrected chi connectivity index (χ1v) is 9.70. The maximum absolute atomic E-state index is 10.4. The van der Waals surface area contributed by atoms with E-state index in [-0.39, 0.29) is 22.9 Å². The topological polar surface area (TPSA) is 109 Å². The van der Waals surface area contributed by atoms with Crippen molar-refractivity contribution in [2.45, 2.75) is 57.7 Å². The van der Waals surface area contributed by atoms with Gasteiger partial charge in [-0.2, -0.15) is 0 Å². The van der Waals surface area contributed by atoms with Crippen LogP contribution in [0.25, 0.3) is 22.7 Å². The number of benzene rings is 1. The van der Waals surface area contributed by atoms with Crippen molar-refractivity contribution in [3.63, 3.8) is 0 Å². The van der Waals surface area contributed by atoms with E-state index < -0.39 is 0 Å². The standard InChI is InChI=1S/C21H26N6O2/c1-20(2)10-14(11-21(3,4)27-20)24-19-23-12-16(25-26-19)15-6-5-13(9-17(15)28)18-22-7-8-29-18/h5-9,12,14,27-28H,10-11H2,1-4H3,(H,23,24,26). The van der Waals surface area contributed by atoms with Crippen LogP contribution in [0.4, 0.5) is 5.95 Å². The Morgan fingerprint density at radius 1 is 1.10 bits per heavy atom. The molecule has 2 aromatic heterocycles. The molecule has 0 amide bonds. The van der Waals surface area contributed by atoms with Crippen LogP contribution in [0, 0.1) is 0 Å². The average Bonchev–Trinajstić information content (AvgIpc) is 3.14. The third kappa shape index (κ3) is 4.37. The number of anilines is 1. The van der Waals surface area contributed by atoms with Crippen molar-refractivity contribution in [2.24, 2.45) is 0 Å². The lowest BCUT2D eigenvalue weighted by Gasteiger charge is -2.46. The average molecular weight is 394 g/mol. The number of aromatic nitrogens is 4.